The van der Waals surface area contributed by atoms with Gasteiger partial charge in [0.15, 0.2) is 11.5 Å². The van der Waals surface area contributed by atoms with Crippen LogP contribution < -0.4 is 9.47 Å². The maximum atomic E-state index is 14.1. The number of hydrogen-bond donors (Lipinski definition) is 0. The minimum atomic E-state index is -4.50. The van der Waals surface area contributed by atoms with Gasteiger partial charge in [0.05, 0.1) is 12.7 Å². The van der Waals surface area contributed by atoms with E-state index in [1.54, 1.807) is 60.9 Å². The average Bonchev–Trinajstić information content (AvgIpc) is 2.92. The maximum Gasteiger partial charge on any atom is 0.416 e. The second-order valence-corrected chi connectivity index (χ2v) is 8.46. The fourth-order valence-electron chi connectivity index (χ4n) is 3.82. The maximum absolute atomic E-state index is 14.1. The number of ether oxygens (including phenoxy) is 2. The number of carbonyl (C=O) groups excluding carboxylic acids is 1. The third-order valence-corrected chi connectivity index (χ3v) is 5.81. The number of amides is 1. The summed E-state index contributed by atoms with van der Waals surface area (Å²) in [6.07, 6.45) is -1.31. The molecule has 5 nitrogen and oxygen atoms in total. The zero-order chi connectivity index (χ0) is 27.1. The van der Waals surface area contributed by atoms with E-state index in [4.69, 9.17) is 9.47 Å². The standard InChI is InChI=1S/C29H24F4N2O3/c1-37-26-11-6-21(16-27(26)38-19-23-4-2-3-5-25(23)30)18-35(17-20-12-14-34-15-13-20)28(36)22-7-9-24(10-8-22)29(31,32)33/h2-16H,17-19H2,1H3. The smallest absolute Gasteiger partial charge is 0.416 e. The molecule has 0 aliphatic heterocycles. The van der Waals surface area contributed by atoms with Crippen LogP contribution in [-0.2, 0) is 25.9 Å². The average molecular weight is 525 g/mol. The number of halogens is 4. The Bertz CT molecular complexity index is 1380. The van der Waals surface area contributed by atoms with Crippen molar-refractivity contribution in [2.24, 2.45) is 0 Å². The van der Waals surface area contributed by atoms with Gasteiger partial charge < -0.3 is 14.4 Å². The van der Waals surface area contributed by atoms with Crippen molar-refractivity contribution in [3.8, 4) is 11.5 Å². The van der Waals surface area contributed by atoms with Crippen molar-refractivity contribution in [1.29, 1.82) is 0 Å². The lowest BCUT2D eigenvalue weighted by Crippen LogP contribution is -2.30. The van der Waals surface area contributed by atoms with Gasteiger partial charge in [-0.25, -0.2) is 4.39 Å². The Morgan fingerprint density at radius 1 is 0.868 bits per heavy atom. The highest BCUT2D eigenvalue weighted by molar-refractivity contribution is 5.94. The summed E-state index contributed by atoms with van der Waals surface area (Å²) in [7, 11) is 1.48. The van der Waals surface area contributed by atoms with Gasteiger partial charge in [0.25, 0.3) is 5.91 Å². The van der Waals surface area contributed by atoms with Crippen molar-refractivity contribution in [3.05, 3.63) is 125 Å². The lowest BCUT2D eigenvalue weighted by atomic mass is 10.1. The number of alkyl halides is 3. The third-order valence-electron chi connectivity index (χ3n) is 5.81. The number of nitrogens with zero attached hydrogens (tertiary/aromatic N) is 2. The molecule has 9 heteroatoms. The highest BCUT2D eigenvalue weighted by Crippen LogP contribution is 2.31. The lowest BCUT2D eigenvalue weighted by molar-refractivity contribution is -0.137. The summed E-state index contributed by atoms with van der Waals surface area (Å²) >= 11 is 0. The van der Waals surface area contributed by atoms with E-state index < -0.39 is 23.5 Å². The summed E-state index contributed by atoms with van der Waals surface area (Å²) in [4.78, 5) is 18.9. The predicted molar refractivity (Wildman–Crippen MR) is 133 cm³/mol. The van der Waals surface area contributed by atoms with Gasteiger partial charge in [0, 0.05) is 36.6 Å². The molecule has 38 heavy (non-hydrogen) atoms. The van der Waals surface area contributed by atoms with Crippen LogP contribution >= 0.6 is 0 Å². The molecule has 0 spiro atoms. The van der Waals surface area contributed by atoms with Crippen LogP contribution in [0.3, 0.4) is 0 Å². The first-order valence-electron chi connectivity index (χ1n) is 11.6. The first kappa shape index (κ1) is 26.7. The first-order valence-corrected chi connectivity index (χ1v) is 11.6. The molecule has 0 unspecified atom stereocenters. The molecule has 0 aliphatic carbocycles. The zero-order valence-electron chi connectivity index (χ0n) is 20.4. The topological polar surface area (TPSA) is 51.7 Å². The monoisotopic (exact) mass is 524 g/mol. The number of aromatic nitrogens is 1. The van der Waals surface area contributed by atoms with Crippen LogP contribution in [0.2, 0.25) is 0 Å². The number of rotatable bonds is 9. The third kappa shape index (κ3) is 6.67. The molecule has 1 aromatic heterocycles. The molecule has 0 radical (unpaired) electrons. The van der Waals surface area contributed by atoms with Crippen LogP contribution in [0.4, 0.5) is 17.6 Å². The molecule has 0 aliphatic rings. The van der Waals surface area contributed by atoms with Crippen LogP contribution in [0, 0.1) is 5.82 Å². The van der Waals surface area contributed by atoms with E-state index in [0.29, 0.717) is 22.6 Å². The van der Waals surface area contributed by atoms with Crippen LogP contribution in [0.1, 0.15) is 32.6 Å². The number of pyridine rings is 1. The van der Waals surface area contributed by atoms with Crippen LogP contribution in [0.25, 0.3) is 0 Å². The van der Waals surface area contributed by atoms with E-state index in [2.05, 4.69) is 4.98 Å². The fraction of sp³-hybridized carbons (Fsp3) is 0.172. The van der Waals surface area contributed by atoms with Crippen molar-refractivity contribution < 1.29 is 31.8 Å². The van der Waals surface area contributed by atoms with Gasteiger partial charge >= 0.3 is 6.18 Å². The highest BCUT2D eigenvalue weighted by Gasteiger charge is 2.30. The Balaban J connectivity index is 1.59. The SMILES string of the molecule is COc1ccc(CN(Cc2ccncc2)C(=O)c2ccc(C(F)(F)F)cc2)cc1OCc1ccccc1F. The van der Waals surface area contributed by atoms with Crippen molar-refractivity contribution in [3.63, 3.8) is 0 Å². The van der Waals surface area contributed by atoms with E-state index in [1.165, 1.54) is 30.2 Å². The summed E-state index contributed by atoms with van der Waals surface area (Å²) in [5.41, 5.74) is 1.14. The number of carbonyl (C=O) groups is 1. The van der Waals surface area contributed by atoms with Crippen LogP contribution in [0.15, 0.2) is 91.3 Å². The molecular formula is C29H24F4N2O3. The quantitative estimate of drug-likeness (QED) is 0.230. The molecule has 4 rings (SSSR count). The summed E-state index contributed by atoms with van der Waals surface area (Å²) in [6, 6.07) is 19.0. The molecule has 0 atom stereocenters. The number of hydrogen-bond acceptors (Lipinski definition) is 4. The minimum absolute atomic E-state index is 0.0301. The molecule has 4 aromatic rings. The van der Waals surface area contributed by atoms with Gasteiger partial charge in [-0.2, -0.15) is 13.2 Å². The van der Waals surface area contributed by atoms with Crippen molar-refractivity contribution >= 4 is 5.91 Å². The number of methoxy groups -OCH3 is 1. The summed E-state index contributed by atoms with van der Waals surface area (Å²) in [6.45, 7) is 0.291. The normalized spacial score (nSPS) is 11.2. The van der Waals surface area contributed by atoms with Crippen molar-refractivity contribution in [2.45, 2.75) is 25.9 Å². The molecule has 196 valence electrons. The van der Waals surface area contributed by atoms with Gasteiger partial charge in [-0.05, 0) is 65.7 Å². The molecule has 1 amide bonds. The summed E-state index contributed by atoms with van der Waals surface area (Å²) in [5.74, 6) is -0.0487. The molecule has 0 saturated heterocycles. The van der Waals surface area contributed by atoms with E-state index in [9.17, 15) is 22.4 Å². The molecule has 0 bridgehead atoms. The van der Waals surface area contributed by atoms with Crippen molar-refractivity contribution in [1.82, 2.24) is 9.88 Å². The largest absolute Gasteiger partial charge is 0.493 e. The molecule has 0 fully saturated rings. The minimum Gasteiger partial charge on any atom is -0.493 e. The van der Waals surface area contributed by atoms with Gasteiger partial charge in [0.1, 0.15) is 12.4 Å². The Labute approximate surface area is 217 Å². The van der Waals surface area contributed by atoms with E-state index in [0.717, 1.165) is 17.7 Å². The predicted octanol–water partition coefficient (Wildman–Crippen LogP) is 6.67. The van der Waals surface area contributed by atoms with Gasteiger partial charge in [-0.3, -0.25) is 9.78 Å². The van der Waals surface area contributed by atoms with Crippen molar-refractivity contribution in [2.75, 3.05) is 7.11 Å². The zero-order valence-corrected chi connectivity index (χ0v) is 20.4. The molecule has 3 aromatic carbocycles. The van der Waals surface area contributed by atoms with E-state index in [1.807, 2.05) is 0 Å². The Kier molecular flexibility index (Phi) is 8.25. The molecular weight excluding hydrogens is 500 g/mol. The fourth-order valence-corrected chi connectivity index (χ4v) is 3.82. The number of benzene rings is 3. The summed E-state index contributed by atoms with van der Waals surface area (Å²) < 4.78 is 64.3. The van der Waals surface area contributed by atoms with Crippen LogP contribution in [-0.4, -0.2) is 22.9 Å². The molecule has 0 saturated carbocycles. The van der Waals surface area contributed by atoms with Gasteiger partial charge in [0.2, 0.25) is 0 Å². The molecule has 0 N–H and O–H groups in total. The van der Waals surface area contributed by atoms with Gasteiger partial charge in [-0.15, -0.1) is 0 Å². The second kappa shape index (κ2) is 11.8. The summed E-state index contributed by atoms with van der Waals surface area (Å²) in [5, 5.41) is 0. The first-order chi connectivity index (χ1) is 18.2. The van der Waals surface area contributed by atoms with E-state index in [-0.39, 0.29) is 25.3 Å². The second-order valence-electron chi connectivity index (χ2n) is 8.46. The Morgan fingerprint density at radius 2 is 1.55 bits per heavy atom. The lowest BCUT2D eigenvalue weighted by Gasteiger charge is -2.24. The van der Waals surface area contributed by atoms with E-state index >= 15 is 0 Å². The highest BCUT2D eigenvalue weighted by atomic mass is 19.4. The van der Waals surface area contributed by atoms with Crippen LogP contribution in [0.5, 0.6) is 11.5 Å². The van der Waals surface area contributed by atoms with Gasteiger partial charge in [-0.1, -0.05) is 24.3 Å². The molecule has 1 heterocycles. The Morgan fingerprint density at radius 3 is 2.21 bits per heavy atom. The Hall–Kier alpha value is -4.40.